The van der Waals surface area contributed by atoms with E-state index in [2.05, 4.69) is 20.3 Å². The summed E-state index contributed by atoms with van der Waals surface area (Å²) in [6, 6.07) is 7.33. The van der Waals surface area contributed by atoms with Crippen molar-refractivity contribution < 1.29 is 22.7 Å². The van der Waals surface area contributed by atoms with E-state index in [0.29, 0.717) is 23.9 Å². The van der Waals surface area contributed by atoms with Gasteiger partial charge in [0.1, 0.15) is 6.33 Å². The van der Waals surface area contributed by atoms with Gasteiger partial charge < -0.3 is 15.0 Å². The van der Waals surface area contributed by atoms with E-state index in [1.807, 2.05) is 0 Å². The number of nitrogens with one attached hydrogen (secondary N) is 1. The minimum Gasteiger partial charge on any atom is -0.365 e. The molecule has 1 N–H and O–H groups in total. The summed E-state index contributed by atoms with van der Waals surface area (Å²) in [4.78, 5) is 39.4. The first kappa shape index (κ1) is 22.4. The zero-order chi connectivity index (χ0) is 23.6. The van der Waals surface area contributed by atoms with Gasteiger partial charge in [0, 0.05) is 31.5 Å². The molecule has 172 valence electrons. The van der Waals surface area contributed by atoms with E-state index in [1.54, 1.807) is 18.0 Å². The number of benzene rings is 1. The normalized spacial score (nSPS) is 16.5. The largest absolute Gasteiger partial charge is 0.416 e. The maximum Gasteiger partial charge on any atom is 0.416 e. The number of carbonyl (C=O) groups excluding carboxylic acids is 1. The van der Waals surface area contributed by atoms with Gasteiger partial charge in [-0.15, -0.1) is 0 Å². The third-order valence-corrected chi connectivity index (χ3v) is 5.05. The first-order valence-corrected chi connectivity index (χ1v) is 9.91. The minimum absolute atomic E-state index is 0.00633. The fourth-order valence-corrected chi connectivity index (χ4v) is 3.37. The fourth-order valence-electron chi connectivity index (χ4n) is 3.37. The number of carbonyl (C=O) groups is 1. The van der Waals surface area contributed by atoms with Crippen LogP contribution in [0.3, 0.4) is 0 Å². The van der Waals surface area contributed by atoms with E-state index >= 15 is 0 Å². The summed E-state index contributed by atoms with van der Waals surface area (Å²) in [6.45, 7) is 0.577. The molecule has 12 heteroatoms. The summed E-state index contributed by atoms with van der Waals surface area (Å²) in [6.07, 6.45) is -2.63. The van der Waals surface area contributed by atoms with Gasteiger partial charge in [0.2, 0.25) is 5.95 Å². The van der Waals surface area contributed by atoms with E-state index in [4.69, 9.17) is 4.74 Å². The summed E-state index contributed by atoms with van der Waals surface area (Å²) < 4.78 is 45.7. The Morgan fingerprint density at radius 3 is 2.76 bits per heavy atom. The molecule has 3 aromatic rings. The fraction of sp³-hybridized carbons (Fsp3) is 0.286. The van der Waals surface area contributed by atoms with Gasteiger partial charge in [0.05, 0.1) is 30.1 Å². The third kappa shape index (κ3) is 5.00. The van der Waals surface area contributed by atoms with Gasteiger partial charge in [-0.1, -0.05) is 6.07 Å². The molecule has 1 unspecified atom stereocenters. The minimum atomic E-state index is -4.52. The Morgan fingerprint density at radius 1 is 1.21 bits per heavy atom. The second-order valence-electron chi connectivity index (χ2n) is 7.31. The average molecular weight is 460 g/mol. The number of ether oxygens (including phenoxy) is 1. The predicted octanol–water partition coefficient (Wildman–Crippen LogP) is 2.10. The standard InChI is InChI=1S/C21H19F3N6O3/c1-29-18(31)10-16(15-5-6-25-12-26-15)28-20(29)30-7-8-33-17(11-30)19(32)27-14-4-2-3-13(9-14)21(22,23)24/h2-6,9-10,12,17H,7-8,11H2,1H3,(H,27,32). The third-order valence-electron chi connectivity index (χ3n) is 5.05. The Labute approximate surface area is 185 Å². The summed E-state index contributed by atoms with van der Waals surface area (Å²) >= 11 is 0. The lowest BCUT2D eigenvalue weighted by atomic mass is 10.2. The molecule has 3 heterocycles. The number of morpholine rings is 1. The molecular formula is C21H19F3N6O3. The molecule has 1 aliphatic heterocycles. The van der Waals surface area contributed by atoms with Crippen LogP contribution < -0.4 is 15.8 Å². The lowest BCUT2D eigenvalue weighted by Gasteiger charge is -2.33. The molecule has 33 heavy (non-hydrogen) atoms. The molecule has 9 nitrogen and oxygen atoms in total. The van der Waals surface area contributed by atoms with Crippen LogP contribution in [0.4, 0.5) is 24.8 Å². The highest BCUT2D eigenvalue weighted by Gasteiger charge is 2.32. The summed E-state index contributed by atoms with van der Waals surface area (Å²) in [5.74, 6) is -0.285. The Kier molecular flexibility index (Phi) is 6.09. The van der Waals surface area contributed by atoms with Crippen LogP contribution in [0.2, 0.25) is 0 Å². The first-order valence-electron chi connectivity index (χ1n) is 9.91. The quantitative estimate of drug-likeness (QED) is 0.636. The van der Waals surface area contributed by atoms with Crippen molar-refractivity contribution in [3.8, 4) is 11.4 Å². The molecule has 4 rings (SSSR count). The summed E-state index contributed by atoms with van der Waals surface area (Å²) in [7, 11) is 1.56. The van der Waals surface area contributed by atoms with Crippen molar-refractivity contribution in [2.75, 3.05) is 29.9 Å². The molecule has 0 radical (unpaired) electrons. The number of anilines is 2. The highest BCUT2D eigenvalue weighted by Crippen LogP contribution is 2.30. The maximum absolute atomic E-state index is 12.9. The topological polar surface area (TPSA) is 102 Å². The van der Waals surface area contributed by atoms with Crippen molar-refractivity contribution in [1.82, 2.24) is 19.5 Å². The van der Waals surface area contributed by atoms with E-state index in [9.17, 15) is 22.8 Å². The summed E-state index contributed by atoms with van der Waals surface area (Å²) in [5, 5.41) is 2.46. The molecule has 1 aromatic carbocycles. The highest BCUT2D eigenvalue weighted by molar-refractivity contribution is 5.94. The van der Waals surface area contributed by atoms with E-state index in [1.165, 1.54) is 35.3 Å². The van der Waals surface area contributed by atoms with Crippen LogP contribution in [0.5, 0.6) is 0 Å². The lowest BCUT2D eigenvalue weighted by molar-refractivity contribution is -0.137. The van der Waals surface area contributed by atoms with Crippen molar-refractivity contribution in [3.05, 3.63) is 64.8 Å². The van der Waals surface area contributed by atoms with Crippen molar-refractivity contribution >= 4 is 17.5 Å². The summed E-state index contributed by atoms with van der Waals surface area (Å²) in [5.41, 5.74) is -0.355. The Hall–Kier alpha value is -3.80. The number of halogens is 3. The van der Waals surface area contributed by atoms with Gasteiger partial charge in [-0.3, -0.25) is 14.2 Å². The molecule has 1 aliphatic rings. The molecule has 0 spiro atoms. The SMILES string of the molecule is Cn1c(N2CCOC(C(=O)Nc3cccc(C(F)(F)F)c3)C2)nc(-c2ccncn2)cc1=O. The number of amides is 1. The van der Waals surface area contributed by atoms with E-state index in [0.717, 1.165) is 12.1 Å². The predicted molar refractivity (Wildman–Crippen MR) is 113 cm³/mol. The van der Waals surface area contributed by atoms with Gasteiger partial charge in [0.15, 0.2) is 6.10 Å². The van der Waals surface area contributed by atoms with Crippen LogP contribution in [0, 0.1) is 0 Å². The van der Waals surface area contributed by atoms with Crippen LogP contribution in [0.25, 0.3) is 11.4 Å². The van der Waals surface area contributed by atoms with Crippen molar-refractivity contribution in [2.45, 2.75) is 12.3 Å². The van der Waals surface area contributed by atoms with Crippen molar-refractivity contribution in [1.29, 1.82) is 0 Å². The number of hydrogen-bond donors (Lipinski definition) is 1. The van der Waals surface area contributed by atoms with Gasteiger partial charge in [-0.25, -0.2) is 15.0 Å². The maximum atomic E-state index is 12.9. The number of nitrogens with zero attached hydrogens (tertiary/aromatic N) is 5. The van der Waals surface area contributed by atoms with Crippen LogP contribution >= 0.6 is 0 Å². The number of hydrogen-bond acceptors (Lipinski definition) is 7. The second kappa shape index (κ2) is 8.98. The number of aromatic nitrogens is 4. The smallest absolute Gasteiger partial charge is 0.365 e. The van der Waals surface area contributed by atoms with Crippen LogP contribution in [-0.2, 0) is 22.8 Å². The zero-order valence-electron chi connectivity index (χ0n) is 17.4. The molecular weight excluding hydrogens is 441 g/mol. The Bertz CT molecular complexity index is 1220. The van der Waals surface area contributed by atoms with Crippen LogP contribution in [0.1, 0.15) is 5.56 Å². The van der Waals surface area contributed by atoms with Gasteiger partial charge in [-0.05, 0) is 24.3 Å². The Balaban J connectivity index is 1.54. The van der Waals surface area contributed by atoms with Crippen molar-refractivity contribution in [2.24, 2.45) is 7.05 Å². The molecule has 1 atom stereocenters. The van der Waals surface area contributed by atoms with Gasteiger partial charge >= 0.3 is 6.18 Å². The molecule has 1 fully saturated rings. The molecule has 1 saturated heterocycles. The number of alkyl halides is 3. The van der Waals surface area contributed by atoms with E-state index in [-0.39, 0.29) is 24.4 Å². The molecule has 0 saturated carbocycles. The van der Waals surface area contributed by atoms with Gasteiger partial charge in [-0.2, -0.15) is 13.2 Å². The van der Waals surface area contributed by atoms with Crippen molar-refractivity contribution in [3.63, 3.8) is 0 Å². The Morgan fingerprint density at radius 2 is 2.03 bits per heavy atom. The van der Waals surface area contributed by atoms with Crippen LogP contribution in [-0.4, -0.2) is 51.2 Å². The average Bonchev–Trinajstić information content (AvgIpc) is 2.81. The van der Waals surface area contributed by atoms with Gasteiger partial charge in [0.25, 0.3) is 11.5 Å². The van der Waals surface area contributed by atoms with E-state index < -0.39 is 23.8 Å². The first-order chi connectivity index (χ1) is 15.7. The second-order valence-corrected chi connectivity index (χ2v) is 7.31. The zero-order valence-corrected chi connectivity index (χ0v) is 17.4. The van der Waals surface area contributed by atoms with Crippen LogP contribution in [0.15, 0.2) is 53.7 Å². The molecule has 0 bridgehead atoms. The lowest BCUT2D eigenvalue weighted by Crippen LogP contribution is -2.49. The number of rotatable bonds is 4. The highest BCUT2D eigenvalue weighted by atomic mass is 19.4. The monoisotopic (exact) mass is 460 g/mol. The molecule has 2 aromatic heterocycles. The molecule has 1 amide bonds. The molecule has 0 aliphatic carbocycles.